The van der Waals surface area contributed by atoms with E-state index in [4.69, 9.17) is 4.42 Å². The maximum absolute atomic E-state index is 7.09. The first-order valence-corrected chi connectivity index (χ1v) is 15.9. The van der Waals surface area contributed by atoms with Crippen LogP contribution < -0.4 is 0 Å². The fourth-order valence-corrected chi connectivity index (χ4v) is 7.73. The van der Waals surface area contributed by atoms with Crippen molar-refractivity contribution in [2.45, 2.75) is 0 Å². The molecule has 220 valence electrons. The molecule has 10 aromatic rings. The Morgan fingerprint density at radius 1 is 0.426 bits per heavy atom. The summed E-state index contributed by atoms with van der Waals surface area (Å²) in [6.45, 7) is 8.05. The second-order valence-electron chi connectivity index (χ2n) is 12.2. The molecular weight excluding hydrogens is 572 g/mol. The minimum atomic E-state index is 0.911. The Kier molecular flexibility index (Phi) is 5.30. The van der Waals surface area contributed by atoms with Crippen LogP contribution in [0.3, 0.4) is 0 Å². The van der Waals surface area contributed by atoms with Gasteiger partial charge >= 0.3 is 0 Å². The lowest BCUT2D eigenvalue weighted by Crippen LogP contribution is -1.95. The maximum Gasteiger partial charge on any atom is 0.145 e. The van der Waals surface area contributed by atoms with Crippen LogP contribution in [0.4, 0.5) is 0 Å². The summed E-state index contributed by atoms with van der Waals surface area (Å²) in [6, 6.07) is 47.9. The Balaban J connectivity index is 1.31. The van der Waals surface area contributed by atoms with Gasteiger partial charge in [0.25, 0.3) is 0 Å². The third-order valence-electron chi connectivity index (χ3n) is 9.84. The Morgan fingerprint density at radius 3 is 1.57 bits per heavy atom. The van der Waals surface area contributed by atoms with E-state index in [-0.39, 0.29) is 0 Å². The summed E-state index contributed by atoms with van der Waals surface area (Å²) in [7, 11) is 0. The highest BCUT2D eigenvalue weighted by atomic mass is 16.3. The second-order valence-corrected chi connectivity index (χ2v) is 12.2. The number of furan rings is 1. The van der Waals surface area contributed by atoms with E-state index in [0.717, 1.165) is 82.7 Å². The first-order chi connectivity index (χ1) is 23.2. The van der Waals surface area contributed by atoms with Gasteiger partial charge in [0.2, 0.25) is 0 Å². The van der Waals surface area contributed by atoms with Crippen molar-refractivity contribution in [2.24, 2.45) is 0 Å². The average Bonchev–Trinajstić information content (AvgIpc) is 3.78. The van der Waals surface area contributed by atoms with Gasteiger partial charge in [-0.3, -0.25) is 0 Å². The van der Waals surface area contributed by atoms with Gasteiger partial charge in [-0.15, -0.1) is 0 Å². The predicted molar refractivity (Wildman–Crippen MR) is 200 cm³/mol. The van der Waals surface area contributed by atoms with E-state index in [9.17, 15) is 0 Å². The van der Waals surface area contributed by atoms with Crippen molar-refractivity contribution in [2.75, 3.05) is 0 Å². The van der Waals surface area contributed by atoms with Crippen molar-refractivity contribution < 1.29 is 4.42 Å². The van der Waals surface area contributed by atoms with E-state index >= 15 is 0 Å². The molecule has 10 rings (SSSR count). The molecule has 7 aromatic carbocycles. The molecule has 0 atom stereocenters. The van der Waals surface area contributed by atoms with Crippen LogP contribution in [0, 0.1) is 0 Å². The number of hydrogen-bond acceptors (Lipinski definition) is 1. The number of para-hydroxylation sites is 2. The van der Waals surface area contributed by atoms with Crippen molar-refractivity contribution >= 4 is 88.5 Å². The summed E-state index contributed by atoms with van der Waals surface area (Å²) >= 11 is 0. The summed E-state index contributed by atoms with van der Waals surface area (Å²) in [5, 5.41) is 9.29. The van der Waals surface area contributed by atoms with E-state index in [1.807, 2.05) is 12.2 Å². The van der Waals surface area contributed by atoms with Crippen LogP contribution >= 0.6 is 0 Å². The molecule has 0 aliphatic rings. The number of hydrogen-bond donors (Lipinski definition) is 0. The van der Waals surface area contributed by atoms with Crippen molar-refractivity contribution in [3.8, 4) is 11.4 Å². The number of benzene rings is 7. The summed E-state index contributed by atoms with van der Waals surface area (Å²) in [6.07, 6.45) is 3.77. The molecule has 0 N–H and O–H groups in total. The summed E-state index contributed by atoms with van der Waals surface area (Å²) in [5.41, 5.74) is 10.7. The fraction of sp³-hybridized carbons (Fsp3) is 0. The van der Waals surface area contributed by atoms with E-state index in [2.05, 4.69) is 156 Å². The van der Waals surface area contributed by atoms with E-state index in [1.165, 1.54) is 16.2 Å². The van der Waals surface area contributed by atoms with E-state index in [0.29, 0.717) is 0 Å². The first kappa shape index (κ1) is 26.0. The lowest BCUT2D eigenvalue weighted by Gasteiger charge is -2.10. The monoisotopic (exact) mass is 600 g/mol. The number of rotatable bonds is 4. The molecule has 0 amide bonds. The molecule has 3 heterocycles. The Hall–Kier alpha value is -6.32. The van der Waals surface area contributed by atoms with Gasteiger partial charge in [-0.25, -0.2) is 0 Å². The van der Waals surface area contributed by atoms with Gasteiger partial charge in [-0.2, -0.15) is 0 Å². The molecule has 3 heteroatoms. The molecule has 0 radical (unpaired) electrons. The Bertz CT molecular complexity index is 2950. The summed E-state index contributed by atoms with van der Waals surface area (Å²) < 4.78 is 11.8. The predicted octanol–water partition coefficient (Wildman–Crippen LogP) is 12.2. The third kappa shape index (κ3) is 3.51. The van der Waals surface area contributed by atoms with Crippen molar-refractivity contribution in [1.82, 2.24) is 9.13 Å². The minimum Gasteiger partial charge on any atom is -0.455 e. The van der Waals surface area contributed by atoms with Crippen LogP contribution in [0.15, 0.2) is 151 Å². The van der Waals surface area contributed by atoms with Crippen LogP contribution in [0.5, 0.6) is 0 Å². The van der Waals surface area contributed by atoms with Crippen LogP contribution in [0.25, 0.3) is 99.8 Å². The summed E-state index contributed by atoms with van der Waals surface area (Å²) in [5.74, 6) is 0. The SMILES string of the molecule is C=Cc1ccc(-n2c3ccccc3c3c4oc5c(ccc6c5c5ccccc5n6-c5ccc6ccccc6c5)c4ccc32)cc1C=C. The molecule has 0 bridgehead atoms. The zero-order valence-corrected chi connectivity index (χ0v) is 25.6. The largest absolute Gasteiger partial charge is 0.455 e. The topological polar surface area (TPSA) is 23.0 Å². The Labute approximate surface area is 270 Å². The quantitative estimate of drug-likeness (QED) is 0.197. The van der Waals surface area contributed by atoms with Gasteiger partial charge in [0.15, 0.2) is 0 Å². The molecule has 47 heavy (non-hydrogen) atoms. The molecule has 0 unspecified atom stereocenters. The normalized spacial score (nSPS) is 12.0. The van der Waals surface area contributed by atoms with Crippen LogP contribution in [0.2, 0.25) is 0 Å². The number of aromatic nitrogens is 2. The molecule has 0 spiro atoms. The summed E-state index contributed by atoms with van der Waals surface area (Å²) in [4.78, 5) is 0. The van der Waals surface area contributed by atoms with Gasteiger partial charge in [-0.05, 0) is 82.6 Å². The highest BCUT2D eigenvalue weighted by Gasteiger charge is 2.22. The molecule has 0 fully saturated rings. The smallest absolute Gasteiger partial charge is 0.145 e. The van der Waals surface area contributed by atoms with Crippen molar-refractivity contribution in [1.29, 1.82) is 0 Å². The molecule has 3 aromatic heterocycles. The van der Waals surface area contributed by atoms with Crippen LogP contribution in [-0.2, 0) is 0 Å². The molecule has 0 saturated carbocycles. The van der Waals surface area contributed by atoms with Crippen molar-refractivity contribution in [3.63, 3.8) is 0 Å². The highest BCUT2D eigenvalue weighted by molar-refractivity contribution is 6.29. The third-order valence-corrected chi connectivity index (χ3v) is 9.84. The van der Waals surface area contributed by atoms with Gasteiger partial charge < -0.3 is 13.6 Å². The van der Waals surface area contributed by atoms with Crippen LogP contribution in [-0.4, -0.2) is 9.13 Å². The lowest BCUT2D eigenvalue weighted by atomic mass is 10.1. The zero-order chi connectivity index (χ0) is 31.2. The minimum absolute atomic E-state index is 0.911. The molecule has 0 saturated heterocycles. The number of nitrogens with zero attached hydrogens (tertiary/aromatic N) is 2. The maximum atomic E-state index is 7.09. The molecule has 0 aliphatic heterocycles. The zero-order valence-electron chi connectivity index (χ0n) is 25.6. The molecule has 3 nitrogen and oxygen atoms in total. The van der Waals surface area contributed by atoms with Gasteiger partial charge in [0.1, 0.15) is 11.2 Å². The van der Waals surface area contributed by atoms with Gasteiger partial charge in [-0.1, -0.05) is 98.1 Å². The van der Waals surface area contributed by atoms with Crippen LogP contribution in [0.1, 0.15) is 11.1 Å². The van der Waals surface area contributed by atoms with Crippen molar-refractivity contribution in [3.05, 3.63) is 158 Å². The Morgan fingerprint density at radius 2 is 0.957 bits per heavy atom. The second kappa shape index (κ2) is 9.59. The molecule has 0 aliphatic carbocycles. The highest BCUT2D eigenvalue weighted by Crippen LogP contribution is 2.45. The molecular formula is C44H28N2O. The van der Waals surface area contributed by atoms with Gasteiger partial charge in [0, 0.05) is 32.9 Å². The number of fused-ring (bicyclic) bond motifs is 12. The fourth-order valence-electron chi connectivity index (χ4n) is 7.73. The lowest BCUT2D eigenvalue weighted by molar-refractivity contribution is 0.677. The van der Waals surface area contributed by atoms with E-state index in [1.54, 1.807) is 0 Å². The standard InChI is InChI=1S/C44H28N2O/c1-3-27-17-19-31(25-28(27)4-2)45-37-15-9-7-13-35(37)41-39(45)23-21-33-34-22-24-40-42(44(34)47-43(33)41)36-14-8-10-16-38(36)46(40)32-20-18-29-11-5-6-12-30(29)26-32/h3-26H,1-2H2. The van der Waals surface area contributed by atoms with E-state index < -0.39 is 0 Å². The van der Waals surface area contributed by atoms with Gasteiger partial charge in [0.05, 0.1) is 32.8 Å². The average molecular weight is 601 g/mol. The first-order valence-electron chi connectivity index (χ1n) is 15.9.